The van der Waals surface area contributed by atoms with Crippen LogP contribution in [0.5, 0.6) is 0 Å². The van der Waals surface area contributed by atoms with Crippen LogP contribution >= 0.6 is 23.4 Å². The fourth-order valence-electron chi connectivity index (χ4n) is 2.94. The number of allylic oxidation sites excluding steroid dienone is 3. The number of halogens is 1. The zero-order valence-electron chi connectivity index (χ0n) is 24.3. The number of hydrogen-bond acceptors (Lipinski definition) is 6. The average molecular weight is 579 g/mol. The zero-order chi connectivity index (χ0) is 29.6. The molecule has 0 atom stereocenters. The van der Waals surface area contributed by atoms with E-state index >= 15 is 0 Å². The average Bonchev–Trinajstić information content (AvgIpc) is 3.68. The maximum atomic E-state index is 12.1. The van der Waals surface area contributed by atoms with Crippen LogP contribution in [0.15, 0.2) is 58.3 Å². The van der Waals surface area contributed by atoms with Gasteiger partial charge < -0.3 is 15.2 Å². The van der Waals surface area contributed by atoms with E-state index in [2.05, 4.69) is 37.7 Å². The smallest absolute Gasteiger partial charge is 0.303 e. The molecule has 8 heteroatoms. The standard InChI is InChI=1S/C23H33ClN2OS.C4H6O3.C4H8/c1-6-8-21(24)20(18(5)11-13-25-12-7-2)16-28-23-10-9-19(15-26-23)22(27)14-17(3)4;5-3-1-2-4(6)7;1-4-2-3-4/h6,8-10,15,17,25H,1,7,11-14,16H2,2-5H3;3H,1-2H2,(H,6,7);4H,2-3H2,1H3/b20-18-,21-8+;;. The molecule has 39 heavy (non-hydrogen) atoms. The minimum atomic E-state index is -0.924. The third-order valence-electron chi connectivity index (χ3n) is 5.53. The Hall–Kier alpha value is -2.22. The first-order valence-electron chi connectivity index (χ1n) is 13.7. The van der Waals surface area contributed by atoms with Crippen molar-refractivity contribution in [1.82, 2.24) is 10.3 Å². The van der Waals surface area contributed by atoms with Crippen molar-refractivity contribution >= 4 is 41.4 Å². The molecule has 0 saturated heterocycles. The fraction of sp³-hybridized carbons (Fsp3) is 0.548. The van der Waals surface area contributed by atoms with Crippen molar-refractivity contribution in [3.8, 4) is 0 Å². The quantitative estimate of drug-likeness (QED) is 0.0676. The van der Waals surface area contributed by atoms with Gasteiger partial charge in [-0.3, -0.25) is 9.59 Å². The molecule has 1 aliphatic carbocycles. The van der Waals surface area contributed by atoms with Gasteiger partial charge in [-0.05, 0) is 68.5 Å². The van der Waals surface area contributed by atoms with E-state index in [0.29, 0.717) is 24.2 Å². The lowest BCUT2D eigenvalue weighted by molar-refractivity contribution is -0.137. The van der Waals surface area contributed by atoms with E-state index in [4.69, 9.17) is 16.7 Å². The first-order chi connectivity index (χ1) is 18.5. The number of nitrogens with zero attached hydrogens (tertiary/aromatic N) is 1. The van der Waals surface area contributed by atoms with Gasteiger partial charge in [0.1, 0.15) is 6.29 Å². The van der Waals surface area contributed by atoms with Crippen molar-refractivity contribution in [3.63, 3.8) is 0 Å². The van der Waals surface area contributed by atoms with Gasteiger partial charge in [0.05, 0.1) is 11.4 Å². The Labute approximate surface area is 244 Å². The summed E-state index contributed by atoms with van der Waals surface area (Å²) in [6, 6.07) is 3.78. The Morgan fingerprint density at radius 1 is 1.26 bits per heavy atom. The van der Waals surface area contributed by atoms with Crippen molar-refractivity contribution in [2.45, 2.75) is 84.6 Å². The molecular formula is C31H47ClN2O4S. The number of aromatic nitrogens is 1. The number of nitrogens with one attached hydrogen (secondary N) is 1. The van der Waals surface area contributed by atoms with Crippen LogP contribution in [0.1, 0.15) is 89.9 Å². The molecule has 1 aliphatic rings. The van der Waals surface area contributed by atoms with E-state index in [1.807, 2.05) is 32.1 Å². The lowest BCUT2D eigenvalue weighted by Crippen LogP contribution is -2.16. The molecule has 1 saturated carbocycles. The summed E-state index contributed by atoms with van der Waals surface area (Å²) in [7, 11) is 0. The Morgan fingerprint density at radius 2 is 1.92 bits per heavy atom. The summed E-state index contributed by atoms with van der Waals surface area (Å²) in [5.74, 6) is 1.39. The predicted molar refractivity (Wildman–Crippen MR) is 165 cm³/mol. The number of carbonyl (C=O) groups excluding carboxylic acids is 2. The van der Waals surface area contributed by atoms with Gasteiger partial charge in [-0.15, -0.1) is 11.8 Å². The van der Waals surface area contributed by atoms with Gasteiger partial charge >= 0.3 is 5.97 Å². The van der Waals surface area contributed by atoms with Crippen LogP contribution in [0.3, 0.4) is 0 Å². The monoisotopic (exact) mass is 578 g/mol. The lowest BCUT2D eigenvalue weighted by atomic mass is 10.0. The topological polar surface area (TPSA) is 96.4 Å². The van der Waals surface area contributed by atoms with E-state index in [1.165, 1.54) is 18.4 Å². The molecule has 0 radical (unpaired) electrons. The molecule has 6 nitrogen and oxygen atoms in total. The lowest BCUT2D eigenvalue weighted by Gasteiger charge is -2.12. The van der Waals surface area contributed by atoms with Gasteiger partial charge in [0.15, 0.2) is 5.78 Å². The van der Waals surface area contributed by atoms with Crippen LogP contribution in [0.4, 0.5) is 0 Å². The highest BCUT2D eigenvalue weighted by Crippen LogP contribution is 2.28. The van der Waals surface area contributed by atoms with Crippen molar-refractivity contribution in [2.75, 3.05) is 18.8 Å². The number of aldehydes is 1. The number of pyridine rings is 1. The minimum absolute atomic E-state index is 0.0521. The zero-order valence-corrected chi connectivity index (χ0v) is 25.9. The number of carboxylic acids is 1. The second-order valence-electron chi connectivity index (χ2n) is 9.99. The van der Waals surface area contributed by atoms with Gasteiger partial charge in [0.2, 0.25) is 0 Å². The molecule has 1 heterocycles. The Balaban J connectivity index is 0.00000108. The molecule has 1 aromatic rings. The van der Waals surface area contributed by atoms with E-state index < -0.39 is 5.97 Å². The number of carboxylic acid groups (broad SMARTS) is 1. The predicted octanol–water partition coefficient (Wildman–Crippen LogP) is 7.88. The van der Waals surface area contributed by atoms with Gasteiger partial charge in [0.25, 0.3) is 0 Å². The van der Waals surface area contributed by atoms with Crippen LogP contribution in [-0.2, 0) is 9.59 Å². The maximum Gasteiger partial charge on any atom is 0.303 e. The molecule has 2 rings (SSSR count). The highest BCUT2D eigenvalue weighted by Gasteiger charge is 2.13. The molecule has 0 unspecified atom stereocenters. The molecule has 218 valence electrons. The number of thioether (sulfide) groups is 1. The van der Waals surface area contributed by atoms with E-state index in [9.17, 15) is 14.4 Å². The number of rotatable bonds is 16. The molecule has 0 aromatic carbocycles. The summed E-state index contributed by atoms with van der Waals surface area (Å²) < 4.78 is 0. The highest BCUT2D eigenvalue weighted by atomic mass is 35.5. The van der Waals surface area contributed by atoms with Gasteiger partial charge in [-0.1, -0.05) is 70.4 Å². The molecule has 1 fully saturated rings. The second-order valence-corrected chi connectivity index (χ2v) is 11.4. The van der Waals surface area contributed by atoms with Gasteiger partial charge in [0, 0.05) is 35.4 Å². The summed E-state index contributed by atoms with van der Waals surface area (Å²) in [4.78, 5) is 35.6. The summed E-state index contributed by atoms with van der Waals surface area (Å²) >= 11 is 8.13. The van der Waals surface area contributed by atoms with Gasteiger partial charge in [-0.2, -0.15) is 0 Å². The summed E-state index contributed by atoms with van der Waals surface area (Å²) in [6.45, 7) is 16.4. The first-order valence-corrected chi connectivity index (χ1v) is 15.1. The molecule has 0 aliphatic heterocycles. The Kier molecular flexibility index (Phi) is 21.3. The number of hydrogen-bond donors (Lipinski definition) is 2. The molecule has 1 aromatic heterocycles. The van der Waals surface area contributed by atoms with Crippen molar-refractivity contribution < 1.29 is 19.5 Å². The van der Waals surface area contributed by atoms with Crippen molar-refractivity contribution in [1.29, 1.82) is 0 Å². The summed E-state index contributed by atoms with van der Waals surface area (Å²) in [5.41, 5.74) is 3.06. The molecular weight excluding hydrogens is 532 g/mol. The molecule has 2 N–H and O–H groups in total. The summed E-state index contributed by atoms with van der Waals surface area (Å²) in [6.07, 6.45) is 11.5. The third-order valence-corrected chi connectivity index (χ3v) is 6.85. The van der Waals surface area contributed by atoms with E-state index in [-0.39, 0.29) is 18.6 Å². The molecule has 0 bridgehead atoms. The fourth-order valence-corrected chi connectivity index (χ4v) is 4.33. The second kappa shape index (κ2) is 22.6. The van der Waals surface area contributed by atoms with Crippen LogP contribution in [0.25, 0.3) is 0 Å². The third kappa shape index (κ3) is 20.4. The maximum absolute atomic E-state index is 12.1. The Bertz CT molecular complexity index is 938. The minimum Gasteiger partial charge on any atom is -0.481 e. The largest absolute Gasteiger partial charge is 0.481 e. The first kappa shape index (κ1) is 36.8. The number of carbonyl (C=O) groups is 3. The van der Waals surface area contributed by atoms with E-state index in [1.54, 1.807) is 24.0 Å². The normalized spacial score (nSPS) is 13.4. The number of aliphatic carboxylic acids is 1. The highest BCUT2D eigenvalue weighted by molar-refractivity contribution is 7.99. The van der Waals surface area contributed by atoms with Crippen LogP contribution < -0.4 is 5.32 Å². The molecule has 0 amide bonds. The SMILES string of the molecule is C=C/C=C(Cl)\C(CSc1ccc(C(=O)CC(C)C)cn1)=C(\C)CCNCCC.CC1CC1.O=CCCC(=O)O. The van der Waals surface area contributed by atoms with Crippen LogP contribution in [0, 0.1) is 11.8 Å². The van der Waals surface area contributed by atoms with Crippen molar-refractivity contribution in [2.24, 2.45) is 11.8 Å². The van der Waals surface area contributed by atoms with E-state index in [0.717, 1.165) is 53.2 Å². The van der Waals surface area contributed by atoms with Crippen molar-refractivity contribution in [3.05, 3.63) is 58.8 Å². The Morgan fingerprint density at radius 3 is 2.36 bits per heavy atom. The summed E-state index contributed by atoms with van der Waals surface area (Å²) in [5, 5.41) is 12.9. The number of Topliss-reactive ketones (excluding diaryl/α,β-unsaturated/α-hetero) is 1. The van der Waals surface area contributed by atoms with Crippen LogP contribution in [0.2, 0.25) is 0 Å². The molecule has 0 spiro atoms. The number of ketones is 1. The van der Waals surface area contributed by atoms with Crippen LogP contribution in [-0.4, -0.2) is 47.0 Å². The van der Waals surface area contributed by atoms with Gasteiger partial charge in [-0.25, -0.2) is 4.98 Å².